The van der Waals surface area contributed by atoms with Crippen molar-refractivity contribution in [3.05, 3.63) is 54.2 Å². The SMILES string of the molecule is COc1ccc(-c2c(C)n3c4ccccc4nc3n2CCN2CCCCC2)cc1.Cl.Cl. The zero-order valence-corrected chi connectivity index (χ0v) is 19.7. The molecule has 0 N–H and O–H groups in total. The molecule has 31 heavy (non-hydrogen) atoms. The molecule has 0 atom stereocenters. The molecule has 2 aromatic carbocycles. The summed E-state index contributed by atoms with van der Waals surface area (Å²) < 4.78 is 10.1. The second-order valence-electron chi connectivity index (χ2n) is 7.95. The summed E-state index contributed by atoms with van der Waals surface area (Å²) in [5, 5.41) is 0. The molecule has 0 unspecified atom stereocenters. The van der Waals surface area contributed by atoms with Gasteiger partial charge < -0.3 is 14.2 Å². The van der Waals surface area contributed by atoms with Gasteiger partial charge in [0.25, 0.3) is 0 Å². The maximum atomic E-state index is 5.36. The third kappa shape index (κ3) is 4.27. The highest BCUT2D eigenvalue weighted by Crippen LogP contribution is 2.31. The lowest BCUT2D eigenvalue weighted by Crippen LogP contribution is -2.32. The van der Waals surface area contributed by atoms with E-state index in [0.29, 0.717) is 0 Å². The number of rotatable bonds is 5. The summed E-state index contributed by atoms with van der Waals surface area (Å²) in [5.41, 5.74) is 5.91. The van der Waals surface area contributed by atoms with Crippen molar-refractivity contribution in [2.75, 3.05) is 26.7 Å². The predicted molar refractivity (Wildman–Crippen MR) is 132 cm³/mol. The average Bonchev–Trinajstić information content (AvgIpc) is 3.28. The molecule has 5 rings (SSSR count). The minimum atomic E-state index is 0. The van der Waals surface area contributed by atoms with Crippen molar-refractivity contribution in [3.8, 4) is 17.0 Å². The fraction of sp³-hybridized carbons (Fsp3) is 0.375. The van der Waals surface area contributed by atoms with Gasteiger partial charge >= 0.3 is 0 Å². The van der Waals surface area contributed by atoms with E-state index in [-0.39, 0.29) is 24.8 Å². The summed E-state index contributed by atoms with van der Waals surface area (Å²) in [6.45, 7) is 6.64. The van der Waals surface area contributed by atoms with Crippen LogP contribution in [-0.2, 0) is 6.54 Å². The molecule has 7 heteroatoms. The number of aryl methyl sites for hydroxylation is 1. The van der Waals surface area contributed by atoms with E-state index in [1.54, 1.807) is 7.11 Å². The van der Waals surface area contributed by atoms with E-state index in [1.165, 1.54) is 54.8 Å². The van der Waals surface area contributed by atoms with Crippen LogP contribution >= 0.6 is 24.8 Å². The number of fused-ring (bicyclic) bond motifs is 3. The molecule has 0 saturated carbocycles. The van der Waals surface area contributed by atoms with Gasteiger partial charge in [-0.1, -0.05) is 18.6 Å². The van der Waals surface area contributed by atoms with Gasteiger partial charge in [-0.05, 0) is 69.3 Å². The lowest BCUT2D eigenvalue weighted by Gasteiger charge is -2.26. The summed E-state index contributed by atoms with van der Waals surface area (Å²) in [6.07, 6.45) is 4.00. The monoisotopic (exact) mass is 460 g/mol. The predicted octanol–water partition coefficient (Wildman–Crippen LogP) is 5.60. The zero-order chi connectivity index (χ0) is 19.8. The number of piperidine rings is 1. The Morgan fingerprint density at radius 3 is 2.32 bits per heavy atom. The van der Waals surface area contributed by atoms with Crippen LogP contribution < -0.4 is 4.74 Å². The number of para-hydroxylation sites is 2. The Bertz CT molecular complexity index is 1140. The van der Waals surface area contributed by atoms with Gasteiger partial charge in [0.05, 0.1) is 23.8 Å². The minimum Gasteiger partial charge on any atom is -0.497 e. The van der Waals surface area contributed by atoms with Crippen molar-refractivity contribution in [3.63, 3.8) is 0 Å². The number of imidazole rings is 2. The van der Waals surface area contributed by atoms with Crippen molar-refractivity contribution in [2.45, 2.75) is 32.7 Å². The molecule has 1 aliphatic heterocycles. The number of halogens is 2. The standard InChI is InChI=1S/C24H28N4O.2ClH/c1-18-23(19-10-12-20(29-2)13-11-19)27(17-16-26-14-6-3-7-15-26)24-25-21-8-4-5-9-22(21)28(18)24;;/h4-5,8-13H,3,6-7,14-17H2,1-2H3;2*1H. The molecule has 4 aromatic rings. The molecule has 166 valence electrons. The van der Waals surface area contributed by atoms with Crippen molar-refractivity contribution in [1.29, 1.82) is 0 Å². The van der Waals surface area contributed by atoms with Crippen LogP contribution in [0.25, 0.3) is 28.1 Å². The molecule has 2 aromatic heterocycles. The normalized spacial score (nSPS) is 14.4. The number of ether oxygens (including phenoxy) is 1. The number of aromatic nitrogens is 3. The first-order valence-corrected chi connectivity index (χ1v) is 10.6. The Morgan fingerprint density at radius 2 is 1.61 bits per heavy atom. The van der Waals surface area contributed by atoms with Crippen LogP contribution in [0.2, 0.25) is 0 Å². The van der Waals surface area contributed by atoms with Crippen molar-refractivity contribution < 1.29 is 4.74 Å². The average molecular weight is 461 g/mol. The molecule has 5 nitrogen and oxygen atoms in total. The van der Waals surface area contributed by atoms with Gasteiger partial charge in [-0.2, -0.15) is 0 Å². The van der Waals surface area contributed by atoms with E-state index in [4.69, 9.17) is 9.72 Å². The summed E-state index contributed by atoms with van der Waals surface area (Å²) in [4.78, 5) is 7.60. The van der Waals surface area contributed by atoms with Gasteiger partial charge in [0.1, 0.15) is 5.75 Å². The molecule has 0 amide bonds. The molecule has 0 radical (unpaired) electrons. The van der Waals surface area contributed by atoms with Gasteiger partial charge in [-0.3, -0.25) is 4.40 Å². The maximum Gasteiger partial charge on any atom is 0.215 e. The Labute approximate surface area is 195 Å². The summed E-state index contributed by atoms with van der Waals surface area (Å²) in [7, 11) is 1.71. The number of hydrogen-bond donors (Lipinski definition) is 0. The summed E-state index contributed by atoms with van der Waals surface area (Å²) >= 11 is 0. The van der Waals surface area contributed by atoms with Crippen LogP contribution in [0.1, 0.15) is 25.0 Å². The number of nitrogens with zero attached hydrogens (tertiary/aromatic N) is 4. The van der Waals surface area contributed by atoms with Gasteiger partial charge in [0.2, 0.25) is 5.78 Å². The molecule has 1 saturated heterocycles. The minimum absolute atomic E-state index is 0. The lowest BCUT2D eigenvalue weighted by molar-refractivity contribution is 0.222. The van der Waals surface area contributed by atoms with Crippen LogP contribution in [0.4, 0.5) is 0 Å². The molecule has 0 bridgehead atoms. The number of likely N-dealkylation sites (tertiary alicyclic amines) is 1. The quantitative estimate of drug-likeness (QED) is 0.388. The van der Waals surface area contributed by atoms with Gasteiger partial charge in [-0.25, -0.2) is 4.98 Å². The first-order chi connectivity index (χ1) is 14.3. The smallest absolute Gasteiger partial charge is 0.215 e. The van der Waals surface area contributed by atoms with Gasteiger partial charge in [-0.15, -0.1) is 24.8 Å². The van der Waals surface area contributed by atoms with E-state index in [0.717, 1.165) is 30.1 Å². The van der Waals surface area contributed by atoms with Crippen LogP contribution in [0.15, 0.2) is 48.5 Å². The zero-order valence-electron chi connectivity index (χ0n) is 18.1. The van der Waals surface area contributed by atoms with Crippen LogP contribution in [0.5, 0.6) is 5.75 Å². The fourth-order valence-corrected chi connectivity index (χ4v) is 4.68. The second kappa shape index (κ2) is 9.94. The molecular formula is C24H30Cl2N4O. The van der Waals surface area contributed by atoms with E-state index < -0.39 is 0 Å². The third-order valence-corrected chi connectivity index (χ3v) is 6.18. The molecule has 0 spiro atoms. The van der Waals surface area contributed by atoms with E-state index >= 15 is 0 Å². The first kappa shape index (κ1) is 23.5. The second-order valence-corrected chi connectivity index (χ2v) is 7.95. The highest BCUT2D eigenvalue weighted by atomic mass is 35.5. The van der Waals surface area contributed by atoms with Gasteiger partial charge in [0, 0.05) is 24.3 Å². The van der Waals surface area contributed by atoms with E-state index in [2.05, 4.69) is 57.2 Å². The first-order valence-electron chi connectivity index (χ1n) is 10.6. The molecule has 1 aliphatic rings. The largest absolute Gasteiger partial charge is 0.497 e. The van der Waals surface area contributed by atoms with Crippen LogP contribution in [-0.4, -0.2) is 45.6 Å². The van der Waals surface area contributed by atoms with Crippen LogP contribution in [0, 0.1) is 6.92 Å². The van der Waals surface area contributed by atoms with Gasteiger partial charge in [0.15, 0.2) is 0 Å². The van der Waals surface area contributed by atoms with E-state index in [9.17, 15) is 0 Å². The number of hydrogen-bond acceptors (Lipinski definition) is 3. The van der Waals surface area contributed by atoms with Crippen molar-refractivity contribution in [1.82, 2.24) is 18.9 Å². The highest BCUT2D eigenvalue weighted by molar-refractivity contribution is 5.85. The van der Waals surface area contributed by atoms with Crippen molar-refractivity contribution in [2.24, 2.45) is 0 Å². The summed E-state index contributed by atoms with van der Waals surface area (Å²) in [5.74, 6) is 1.92. The van der Waals surface area contributed by atoms with E-state index in [1.807, 2.05) is 12.1 Å². The fourth-order valence-electron chi connectivity index (χ4n) is 4.68. The number of benzene rings is 2. The lowest BCUT2D eigenvalue weighted by atomic mass is 10.1. The Kier molecular flexibility index (Phi) is 7.52. The van der Waals surface area contributed by atoms with Crippen LogP contribution in [0.3, 0.4) is 0 Å². The third-order valence-electron chi connectivity index (χ3n) is 6.18. The maximum absolute atomic E-state index is 5.36. The Hall–Kier alpha value is -2.21. The van der Waals surface area contributed by atoms with Crippen molar-refractivity contribution >= 4 is 41.6 Å². The Morgan fingerprint density at radius 1 is 0.903 bits per heavy atom. The summed E-state index contributed by atoms with van der Waals surface area (Å²) in [6, 6.07) is 16.8. The molecule has 3 heterocycles. The molecule has 0 aliphatic carbocycles. The molecule has 1 fully saturated rings. The Balaban J connectivity index is 0.00000136. The highest BCUT2D eigenvalue weighted by Gasteiger charge is 2.20. The number of methoxy groups -OCH3 is 1. The molecular weight excluding hydrogens is 431 g/mol. The topological polar surface area (TPSA) is 34.7 Å².